The van der Waals surface area contributed by atoms with Crippen LogP contribution in [0.3, 0.4) is 0 Å². The molecular formula is C15H15BrN4. The Bertz CT molecular complexity index is 649. The van der Waals surface area contributed by atoms with E-state index < -0.39 is 0 Å². The van der Waals surface area contributed by atoms with Gasteiger partial charge in [0, 0.05) is 25.2 Å². The Kier molecular flexibility index (Phi) is 4.70. The van der Waals surface area contributed by atoms with E-state index in [2.05, 4.69) is 38.9 Å². The van der Waals surface area contributed by atoms with E-state index in [1.54, 1.807) is 6.07 Å². The first-order valence-electron chi connectivity index (χ1n) is 6.41. The molecule has 2 aromatic rings. The highest BCUT2D eigenvalue weighted by Gasteiger charge is 2.09. The molecule has 5 heteroatoms. The van der Waals surface area contributed by atoms with Crippen LogP contribution < -0.4 is 4.90 Å². The van der Waals surface area contributed by atoms with Gasteiger partial charge < -0.3 is 4.90 Å². The number of rotatable bonds is 4. The molecule has 0 bridgehead atoms. The zero-order chi connectivity index (χ0) is 14.5. The summed E-state index contributed by atoms with van der Waals surface area (Å²) in [6.45, 7) is 2.10. The van der Waals surface area contributed by atoms with Crippen LogP contribution in [0, 0.1) is 11.3 Å². The van der Waals surface area contributed by atoms with Crippen molar-refractivity contribution in [3.63, 3.8) is 0 Å². The first-order chi connectivity index (χ1) is 9.63. The molecule has 102 valence electrons. The molecule has 0 fully saturated rings. The van der Waals surface area contributed by atoms with Gasteiger partial charge in [-0.2, -0.15) is 5.26 Å². The Labute approximate surface area is 127 Å². The van der Waals surface area contributed by atoms with E-state index in [-0.39, 0.29) is 0 Å². The lowest BCUT2D eigenvalue weighted by molar-refractivity contribution is 0.825. The van der Waals surface area contributed by atoms with Crippen molar-refractivity contribution in [3.8, 4) is 6.07 Å². The fraction of sp³-hybridized carbons (Fsp3) is 0.267. The highest BCUT2D eigenvalue weighted by atomic mass is 79.9. The molecular weight excluding hydrogens is 316 g/mol. The van der Waals surface area contributed by atoms with Crippen LogP contribution in [0.2, 0.25) is 0 Å². The van der Waals surface area contributed by atoms with E-state index in [1.165, 1.54) is 0 Å². The van der Waals surface area contributed by atoms with Crippen molar-refractivity contribution in [2.45, 2.75) is 19.8 Å². The lowest BCUT2D eigenvalue weighted by Crippen LogP contribution is -2.13. The van der Waals surface area contributed by atoms with Gasteiger partial charge in [-0.3, -0.25) is 0 Å². The number of anilines is 2. The number of nitriles is 1. The Morgan fingerprint density at radius 1 is 1.30 bits per heavy atom. The fourth-order valence-corrected chi connectivity index (χ4v) is 2.28. The number of benzene rings is 1. The molecule has 0 aliphatic heterocycles. The van der Waals surface area contributed by atoms with Gasteiger partial charge in [0.15, 0.2) is 0 Å². The van der Waals surface area contributed by atoms with E-state index in [4.69, 9.17) is 5.26 Å². The number of halogens is 1. The first kappa shape index (κ1) is 14.5. The summed E-state index contributed by atoms with van der Waals surface area (Å²) < 4.78 is 0.772. The van der Waals surface area contributed by atoms with E-state index in [0.29, 0.717) is 5.56 Å². The molecule has 1 aromatic heterocycles. The second kappa shape index (κ2) is 6.49. The van der Waals surface area contributed by atoms with Gasteiger partial charge in [-0.15, -0.1) is 0 Å². The van der Waals surface area contributed by atoms with E-state index in [1.807, 2.05) is 36.2 Å². The van der Waals surface area contributed by atoms with Gasteiger partial charge in [0.25, 0.3) is 0 Å². The molecule has 0 aliphatic carbocycles. The van der Waals surface area contributed by atoms with Crippen LogP contribution in [0.15, 0.2) is 34.9 Å². The lowest BCUT2D eigenvalue weighted by Gasteiger charge is -2.19. The van der Waals surface area contributed by atoms with Crippen molar-refractivity contribution in [1.29, 1.82) is 5.26 Å². The Morgan fingerprint density at radius 3 is 2.80 bits per heavy atom. The topological polar surface area (TPSA) is 52.8 Å². The third-order valence-electron chi connectivity index (χ3n) is 2.91. The number of nitrogens with zero attached hydrogens (tertiary/aromatic N) is 4. The minimum absolute atomic E-state index is 0.635. The zero-order valence-electron chi connectivity index (χ0n) is 11.5. The molecule has 0 saturated heterocycles. The van der Waals surface area contributed by atoms with Gasteiger partial charge in [-0.05, 0) is 40.5 Å². The molecule has 0 spiro atoms. The standard InChI is InChI=1S/C15H15BrN4/c1-3-5-14-18-13(16)9-15(19-14)20(2)12-7-4-6-11(8-12)10-17/h4,6-9H,3,5H2,1-2H3. The molecule has 20 heavy (non-hydrogen) atoms. The van der Waals surface area contributed by atoms with Crippen LogP contribution in [0.1, 0.15) is 24.7 Å². The monoisotopic (exact) mass is 330 g/mol. The molecule has 4 nitrogen and oxygen atoms in total. The summed E-state index contributed by atoms with van der Waals surface area (Å²) in [7, 11) is 1.93. The second-order valence-corrected chi connectivity index (χ2v) is 5.25. The number of hydrogen-bond donors (Lipinski definition) is 0. The maximum atomic E-state index is 8.97. The van der Waals surface area contributed by atoms with Crippen molar-refractivity contribution < 1.29 is 0 Å². The predicted molar refractivity (Wildman–Crippen MR) is 82.9 cm³/mol. The summed E-state index contributed by atoms with van der Waals surface area (Å²) in [6, 6.07) is 11.5. The summed E-state index contributed by atoms with van der Waals surface area (Å²) in [4.78, 5) is 10.9. The van der Waals surface area contributed by atoms with Crippen LogP contribution >= 0.6 is 15.9 Å². The van der Waals surface area contributed by atoms with Crippen LogP contribution in [0.25, 0.3) is 0 Å². The minimum atomic E-state index is 0.635. The SMILES string of the molecule is CCCc1nc(Br)cc(N(C)c2cccc(C#N)c2)n1. The van der Waals surface area contributed by atoms with Gasteiger partial charge in [0.1, 0.15) is 16.2 Å². The second-order valence-electron chi connectivity index (χ2n) is 4.44. The zero-order valence-corrected chi connectivity index (χ0v) is 13.1. The molecule has 1 heterocycles. The van der Waals surface area contributed by atoms with Gasteiger partial charge in [0.2, 0.25) is 0 Å². The fourth-order valence-electron chi connectivity index (χ4n) is 1.88. The van der Waals surface area contributed by atoms with Crippen molar-refractivity contribution in [3.05, 3.63) is 46.3 Å². The van der Waals surface area contributed by atoms with Gasteiger partial charge >= 0.3 is 0 Å². The minimum Gasteiger partial charge on any atom is -0.329 e. The van der Waals surface area contributed by atoms with E-state index in [9.17, 15) is 0 Å². The van der Waals surface area contributed by atoms with Crippen molar-refractivity contribution in [2.75, 3.05) is 11.9 Å². The van der Waals surface area contributed by atoms with E-state index >= 15 is 0 Å². The van der Waals surface area contributed by atoms with Gasteiger partial charge in [0.05, 0.1) is 11.6 Å². The normalized spacial score (nSPS) is 10.1. The average molecular weight is 331 g/mol. The van der Waals surface area contributed by atoms with Crippen molar-refractivity contribution in [2.24, 2.45) is 0 Å². The molecule has 0 radical (unpaired) electrons. The van der Waals surface area contributed by atoms with Gasteiger partial charge in [-0.25, -0.2) is 9.97 Å². The number of aromatic nitrogens is 2. The summed E-state index contributed by atoms with van der Waals surface area (Å²) in [5.74, 6) is 1.63. The molecule has 0 amide bonds. The van der Waals surface area contributed by atoms with Crippen LogP contribution in [-0.2, 0) is 6.42 Å². The largest absolute Gasteiger partial charge is 0.329 e. The molecule has 0 unspecified atom stereocenters. The lowest BCUT2D eigenvalue weighted by atomic mass is 10.2. The summed E-state index contributed by atoms with van der Waals surface area (Å²) in [5.41, 5.74) is 1.56. The first-order valence-corrected chi connectivity index (χ1v) is 7.20. The average Bonchev–Trinajstić information content (AvgIpc) is 2.46. The summed E-state index contributed by atoms with van der Waals surface area (Å²) in [6.07, 6.45) is 1.85. The number of aryl methyl sites for hydroxylation is 1. The molecule has 0 N–H and O–H groups in total. The highest BCUT2D eigenvalue weighted by molar-refractivity contribution is 9.10. The molecule has 0 aliphatic rings. The maximum Gasteiger partial charge on any atom is 0.137 e. The maximum absolute atomic E-state index is 8.97. The molecule has 0 saturated carbocycles. The van der Waals surface area contributed by atoms with Crippen LogP contribution in [-0.4, -0.2) is 17.0 Å². The highest BCUT2D eigenvalue weighted by Crippen LogP contribution is 2.24. The third-order valence-corrected chi connectivity index (χ3v) is 3.31. The Morgan fingerprint density at radius 2 is 2.10 bits per heavy atom. The molecule has 1 aromatic carbocycles. The molecule has 2 rings (SSSR count). The van der Waals surface area contributed by atoms with Gasteiger partial charge in [-0.1, -0.05) is 13.0 Å². The van der Waals surface area contributed by atoms with Crippen molar-refractivity contribution >= 4 is 27.4 Å². The summed E-state index contributed by atoms with van der Waals surface area (Å²) >= 11 is 3.42. The van der Waals surface area contributed by atoms with Crippen LogP contribution in [0.4, 0.5) is 11.5 Å². The predicted octanol–water partition coefficient (Wildman–Crippen LogP) is 3.83. The quantitative estimate of drug-likeness (QED) is 0.799. The molecule has 0 atom stereocenters. The number of hydrogen-bond acceptors (Lipinski definition) is 4. The van der Waals surface area contributed by atoms with Crippen molar-refractivity contribution in [1.82, 2.24) is 9.97 Å². The summed E-state index contributed by atoms with van der Waals surface area (Å²) in [5, 5.41) is 8.97. The Hall–Kier alpha value is -1.93. The smallest absolute Gasteiger partial charge is 0.137 e. The third kappa shape index (κ3) is 3.34. The van der Waals surface area contributed by atoms with E-state index in [0.717, 1.165) is 34.8 Å². The Balaban J connectivity index is 2.37. The van der Waals surface area contributed by atoms with Crippen LogP contribution in [0.5, 0.6) is 0 Å².